The van der Waals surface area contributed by atoms with Crippen molar-refractivity contribution in [1.82, 2.24) is 0 Å². The maximum Gasteiger partial charge on any atom is 0.340 e. The topological polar surface area (TPSA) is 46.6 Å². The number of ether oxygens (including phenoxy) is 1. The fourth-order valence-electron chi connectivity index (χ4n) is 2.97. The van der Waals surface area contributed by atoms with Gasteiger partial charge in [-0.05, 0) is 68.5 Å². The van der Waals surface area contributed by atoms with Crippen LogP contribution in [0.25, 0.3) is 6.08 Å². The second-order valence-electron chi connectivity index (χ2n) is 6.16. The first-order chi connectivity index (χ1) is 12.4. The summed E-state index contributed by atoms with van der Waals surface area (Å²) in [7, 11) is 0. The summed E-state index contributed by atoms with van der Waals surface area (Å²) in [5.74, 6) is -0.672. The Morgan fingerprint density at radius 1 is 1.19 bits per heavy atom. The monoisotopic (exact) mass is 367 g/mol. The van der Waals surface area contributed by atoms with Gasteiger partial charge in [-0.15, -0.1) is 11.3 Å². The second-order valence-corrected chi connectivity index (χ2v) is 7.14. The van der Waals surface area contributed by atoms with Crippen molar-refractivity contribution in [3.63, 3.8) is 0 Å². The van der Waals surface area contributed by atoms with Crippen LogP contribution in [0.1, 0.15) is 29.9 Å². The number of rotatable bonds is 4. The lowest BCUT2D eigenvalue weighted by Crippen LogP contribution is -2.24. The minimum absolute atomic E-state index is 0.206. The van der Waals surface area contributed by atoms with Crippen molar-refractivity contribution in [2.24, 2.45) is 0 Å². The fourth-order valence-corrected chi connectivity index (χ4v) is 3.63. The minimum atomic E-state index is -0.465. The van der Waals surface area contributed by atoms with E-state index in [2.05, 4.69) is 0 Å². The highest BCUT2D eigenvalue weighted by Gasteiger charge is 2.38. The highest BCUT2D eigenvalue weighted by Crippen LogP contribution is 2.36. The zero-order valence-corrected chi connectivity index (χ0v) is 16.1. The molecule has 5 heteroatoms. The van der Waals surface area contributed by atoms with Crippen LogP contribution in [0.15, 0.2) is 52.6 Å². The number of carbonyl (C=O) groups excluding carboxylic acids is 2. The lowest BCUT2D eigenvalue weighted by Gasteiger charge is -2.19. The summed E-state index contributed by atoms with van der Waals surface area (Å²) in [6.07, 6.45) is 1.77. The molecule has 0 aliphatic carbocycles. The van der Waals surface area contributed by atoms with Crippen LogP contribution in [-0.4, -0.2) is 18.5 Å². The van der Waals surface area contributed by atoms with Crippen LogP contribution in [0.5, 0.6) is 0 Å². The van der Waals surface area contributed by atoms with Crippen LogP contribution >= 0.6 is 11.3 Å². The molecule has 3 rings (SSSR count). The Morgan fingerprint density at radius 2 is 1.96 bits per heavy atom. The van der Waals surface area contributed by atoms with Crippen LogP contribution < -0.4 is 4.90 Å². The molecular formula is C21H21NO3S. The van der Waals surface area contributed by atoms with Gasteiger partial charge >= 0.3 is 5.97 Å². The number of allylic oxidation sites excluding steroid dienone is 1. The first-order valence-electron chi connectivity index (χ1n) is 8.49. The van der Waals surface area contributed by atoms with Gasteiger partial charge in [-0.25, -0.2) is 4.79 Å². The standard InChI is InChI=1S/C21H21NO3S/c1-5-25-21(24)19-15(4)22(16-9-8-13(2)14(3)11-16)20(23)18(19)12-17-7-6-10-26-17/h6-12H,5H2,1-4H3/b18-12-. The van der Waals surface area contributed by atoms with E-state index in [1.165, 1.54) is 11.3 Å². The van der Waals surface area contributed by atoms with Crippen molar-refractivity contribution in [3.8, 4) is 0 Å². The quantitative estimate of drug-likeness (QED) is 0.584. The first-order valence-corrected chi connectivity index (χ1v) is 9.37. The van der Waals surface area contributed by atoms with Gasteiger partial charge in [0.1, 0.15) is 0 Å². The summed E-state index contributed by atoms with van der Waals surface area (Å²) in [4.78, 5) is 28.2. The molecule has 26 heavy (non-hydrogen) atoms. The van der Waals surface area contributed by atoms with E-state index in [-0.39, 0.29) is 12.5 Å². The predicted octanol–water partition coefficient (Wildman–Crippen LogP) is 4.63. The lowest BCUT2D eigenvalue weighted by atomic mass is 10.1. The van der Waals surface area contributed by atoms with Crippen LogP contribution in [0.3, 0.4) is 0 Å². The van der Waals surface area contributed by atoms with Crippen molar-refractivity contribution in [1.29, 1.82) is 0 Å². The smallest absolute Gasteiger partial charge is 0.340 e. The molecule has 1 aliphatic heterocycles. The molecule has 0 radical (unpaired) electrons. The maximum absolute atomic E-state index is 13.2. The van der Waals surface area contributed by atoms with Gasteiger partial charge in [-0.1, -0.05) is 12.1 Å². The van der Waals surface area contributed by atoms with Crippen molar-refractivity contribution in [2.45, 2.75) is 27.7 Å². The second kappa shape index (κ2) is 7.30. The number of anilines is 1. The molecule has 1 aliphatic rings. The van der Waals surface area contributed by atoms with Crippen LogP contribution in [-0.2, 0) is 14.3 Å². The Hall–Kier alpha value is -2.66. The predicted molar refractivity (Wildman–Crippen MR) is 105 cm³/mol. The number of hydrogen-bond donors (Lipinski definition) is 0. The molecule has 0 saturated heterocycles. The van der Waals surface area contributed by atoms with Crippen molar-refractivity contribution in [2.75, 3.05) is 11.5 Å². The van der Waals surface area contributed by atoms with Crippen molar-refractivity contribution >= 4 is 35.0 Å². The number of carbonyl (C=O) groups is 2. The molecule has 0 bridgehead atoms. The van der Waals surface area contributed by atoms with Gasteiger partial charge in [0.25, 0.3) is 5.91 Å². The summed E-state index contributed by atoms with van der Waals surface area (Å²) in [5, 5.41) is 1.94. The number of aryl methyl sites for hydroxylation is 2. The molecule has 1 aromatic carbocycles. The van der Waals surface area contributed by atoms with E-state index in [1.807, 2.05) is 49.6 Å². The minimum Gasteiger partial charge on any atom is -0.462 e. The lowest BCUT2D eigenvalue weighted by molar-refractivity contribution is -0.138. The molecular weight excluding hydrogens is 346 g/mol. The average molecular weight is 367 g/mol. The Labute approximate surface area is 157 Å². The van der Waals surface area contributed by atoms with Crippen LogP contribution in [0.2, 0.25) is 0 Å². The van der Waals surface area contributed by atoms with E-state index in [4.69, 9.17) is 4.74 Å². The van der Waals surface area contributed by atoms with Gasteiger partial charge in [0, 0.05) is 16.3 Å². The molecule has 1 amide bonds. The Bertz CT molecular complexity index is 923. The van der Waals surface area contributed by atoms with E-state index in [9.17, 15) is 9.59 Å². The molecule has 134 valence electrons. The fraction of sp³-hybridized carbons (Fsp3) is 0.238. The Kier molecular flexibility index (Phi) is 5.09. The van der Waals surface area contributed by atoms with E-state index in [1.54, 1.807) is 24.8 Å². The van der Waals surface area contributed by atoms with Gasteiger partial charge in [0.05, 0.1) is 17.8 Å². The summed E-state index contributed by atoms with van der Waals surface area (Å²) < 4.78 is 5.21. The molecule has 0 spiro atoms. The number of amides is 1. The zero-order chi connectivity index (χ0) is 18.8. The van der Waals surface area contributed by atoms with Gasteiger partial charge in [0.15, 0.2) is 0 Å². The van der Waals surface area contributed by atoms with Gasteiger partial charge in [-0.3, -0.25) is 9.69 Å². The molecule has 2 aromatic rings. The molecule has 0 fully saturated rings. The highest BCUT2D eigenvalue weighted by atomic mass is 32.1. The summed E-state index contributed by atoms with van der Waals surface area (Å²) in [5.41, 5.74) is 4.31. The normalized spacial score (nSPS) is 15.9. The Morgan fingerprint density at radius 3 is 2.58 bits per heavy atom. The van der Waals surface area contributed by atoms with E-state index < -0.39 is 5.97 Å². The first kappa shape index (κ1) is 18.1. The van der Waals surface area contributed by atoms with Gasteiger partial charge in [0.2, 0.25) is 0 Å². The van der Waals surface area contributed by atoms with Crippen molar-refractivity contribution < 1.29 is 14.3 Å². The third kappa shape index (κ3) is 3.22. The molecule has 4 nitrogen and oxygen atoms in total. The number of esters is 1. The number of benzene rings is 1. The highest BCUT2D eigenvalue weighted by molar-refractivity contribution is 7.10. The van der Waals surface area contributed by atoms with Crippen molar-refractivity contribution in [3.05, 3.63) is 68.6 Å². The number of hydrogen-bond acceptors (Lipinski definition) is 4. The van der Waals surface area contributed by atoms with Crippen LogP contribution in [0, 0.1) is 13.8 Å². The molecule has 1 aromatic heterocycles. The largest absolute Gasteiger partial charge is 0.462 e. The number of nitrogens with zero attached hydrogens (tertiary/aromatic N) is 1. The van der Waals surface area contributed by atoms with E-state index in [0.29, 0.717) is 16.8 Å². The summed E-state index contributed by atoms with van der Waals surface area (Å²) in [6.45, 7) is 7.84. The molecule has 0 saturated carbocycles. The molecule has 0 atom stereocenters. The zero-order valence-electron chi connectivity index (χ0n) is 15.3. The molecule has 2 heterocycles. The van der Waals surface area contributed by atoms with E-state index >= 15 is 0 Å². The summed E-state index contributed by atoms with van der Waals surface area (Å²) >= 11 is 1.52. The third-order valence-electron chi connectivity index (χ3n) is 4.46. The third-order valence-corrected chi connectivity index (χ3v) is 5.28. The van der Waals surface area contributed by atoms with Gasteiger partial charge < -0.3 is 4.74 Å². The average Bonchev–Trinajstić information content (AvgIpc) is 3.18. The summed E-state index contributed by atoms with van der Waals surface area (Å²) in [6, 6.07) is 9.68. The van der Waals surface area contributed by atoms with Crippen LogP contribution in [0.4, 0.5) is 5.69 Å². The maximum atomic E-state index is 13.2. The van der Waals surface area contributed by atoms with E-state index in [0.717, 1.165) is 21.7 Å². The molecule has 0 unspecified atom stereocenters. The number of thiophene rings is 1. The molecule has 0 N–H and O–H groups in total. The Balaban J connectivity index is 2.13. The SMILES string of the molecule is CCOC(=O)C1=C(C)N(c2ccc(C)c(C)c2)C(=O)/C1=C\c1cccs1. The van der Waals surface area contributed by atoms with Gasteiger partial charge in [-0.2, -0.15) is 0 Å².